The van der Waals surface area contributed by atoms with Gasteiger partial charge in [0.2, 0.25) is 0 Å². The van der Waals surface area contributed by atoms with Gasteiger partial charge in [0.05, 0.1) is 26.5 Å². The largest absolute Gasteiger partial charge is 0.456 e. The molecule has 0 unspecified atom stereocenters. The van der Waals surface area contributed by atoms with E-state index in [2.05, 4.69) is 26.6 Å². The maximum absolute atomic E-state index is 13.5. The number of urea groups is 2. The second-order valence-electron chi connectivity index (χ2n) is 18.9. The van der Waals surface area contributed by atoms with Crippen molar-refractivity contribution in [3.8, 4) is 22.5 Å². The van der Waals surface area contributed by atoms with E-state index in [0.29, 0.717) is 61.6 Å². The Morgan fingerprint density at radius 2 is 0.866 bits per heavy atom. The lowest BCUT2D eigenvalue weighted by atomic mass is 9.93. The van der Waals surface area contributed by atoms with Gasteiger partial charge in [0.25, 0.3) is 50.6 Å². The number of anilines is 6. The Labute approximate surface area is 470 Å². The summed E-state index contributed by atoms with van der Waals surface area (Å²) in [5.41, 5.74) is 3.85. The first kappa shape index (κ1) is 60.0. The summed E-state index contributed by atoms with van der Waals surface area (Å²) in [5.74, 6) is -0.227. The number of carbonyl (C=O) groups excluding carboxylic acids is 2. The van der Waals surface area contributed by atoms with Crippen LogP contribution in [-0.4, -0.2) is 76.9 Å². The molecule has 10 N–H and O–H groups in total. The number of fused-ring (bicyclic) bond motifs is 2. The van der Waals surface area contributed by atoms with E-state index in [-0.39, 0.29) is 56.2 Å². The van der Waals surface area contributed by atoms with Gasteiger partial charge in [-0.1, -0.05) is 18.2 Å². The van der Waals surface area contributed by atoms with Crippen molar-refractivity contribution in [3.63, 3.8) is 0 Å². The molecular formula is C53H50N6O18S5. The minimum Gasteiger partial charge on any atom is -0.456 e. The topological polar surface area (TPSA) is 392 Å². The van der Waals surface area contributed by atoms with Crippen molar-refractivity contribution < 1.29 is 78.9 Å². The minimum absolute atomic E-state index is 0.179. The van der Waals surface area contributed by atoms with Gasteiger partial charge in [0.1, 0.15) is 26.0 Å². The molecule has 0 saturated heterocycles. The molecule has 430 valence electrons. The Morgan fingerprint density at radius 3 is 1.30 bits per heavy atom. The number of amides is 4. The maximum Gasteiger partial charge on any atom is 0.323 e. The zero-order valence-corrected chi connectivity index (χ0v) is 48.4. The molecule has 4 amide bonds. The number of benzene rings is 7. The molecule has 29 heteroatoms. The molecule has 6 aromatic rings. The van der Waals surface area contributed by atoms with Gasteiger partial charge < -0.3 is 31.0 Å². The van der Waals surface area contributed by atoms with Crippen LogP contribution in [0.1, 0.15) is 44.5 Å². The maximum atomic E-state index is 13.5. The summed E-state index contributed by atoms with van der Waals surface area (Å²) in [5, 5.41) is 13.1. The molecule has 2 aliphatic rings. The molecule has 0 spiro atoms. The Hall–Kier alpha value is -8.10. The highest BCUT2D eigenvalue weighted by molar-refractivity contribution is 7.87. The van der Waals surface area contributed by atoms with Crippen molar-refractivity contribution in [2.45, 2.75) is 79.9 Å². The molecule has 82 heavy (non-hydrogen) atoms. The molecule has 0 radical (unpaired) electrons. The van der Waals surface area contributed by atoms with Crippen LogP contribution in [0.5, 0.6) is 0 Å². The highest BCUT2D eigenvalue weighted by Crippen LogP contribution is 2.46. The first-order chi connectivity index (χ1) is 37.9. The average molecular weight is 1220 g/mol. The standard InChI is InChI=1S/C53H50N6O18S5/c1-25-29(5)50(58-52(60)54-33-13-17-35(18-14-33)78(62,63)64)30(6)26(2)48(25)56-40-23-42-38(21-45(40)81(71,72)73)47(37-11-9-10-12-44(37)80(68,69)70)39-22-46(82(74,75)76)41(24-43(39)77-42)57-49-27(3)31(7)51(32(8)28(49)4)59-53(61)55-34-15-19-36(20-16-34)79(65,66)67/h9-24,56H,1-8H3,(H2,54,58,60)(H2,55,59,61)(H,62,63,64)(H,65,66,67)(H,68,69,70)(H,71,72,73)(H,74,75,76)/b57-41-. The smallest absolute Gasteiger partial charge is 0.323 e. The summed E-state index contributed by atoms with van der Waals surface area (Å²) in [6.45, 7) is 13.2. The van der Waals surface area contributed by atoms with Crippen molar-refractivity contribution in [2.24, 2.45) is 4.99 Å². The Morgan fingerprint density at radius 1 is 0.439 bits per heavy atom. The Bertz CT molecular complexity index is 4620. The van der Waals surface area contributed by atoms with Crippen LogP contribution in [0.4, 0.5) is 49.4 Å². The Balaban J connectivity index is 1.30. The average Bonchev–Trinajstić information content (AvgIpc) is 3.22. The van der Waals surface area contributed by atoms with Gasteiger partial charge in [-0.3, -0.25) is 22.8 Å². The Kier molecular flexibility index (Phi) is 15.9. The third kappa shape index (κ3) is 12.1. The monoisotopic (exact) mass is 1220 g/mol. The van der Waals surface area contributed by atoms with E-state index >= 15 is 0 Å². The lowest BCUT2D eigenvalue weighted by Crippen LogP contribution is -2.21. The van der Waals surface area contributed by atoms with Crippen LogP contribution in [0.15, 0.2) is 131 Å². The number of hydrogen-bond donors (Lipinski definition) is 10. The van der Waals surface area contributed by atoms with Crippen molar-refractivity contribution in [1.82, 2.24) is 0 Å². The predicted octanol–water partition coefficient (Wildman–Crippen LogP) is 10.2. The number of hydrogen-bond acceptors (Lipinski definition) is 15. The molecule has 24 nitrogen and oxygen atoms in total. The predicted molar refractivity (Wildman–Crippen MR) is 305 cm³/mol. The molecule has 0 bridgehead atoms. The third-order valence-electron chi connectivity index (χ3n) is 13.9. The molecule has 0 atom stereocenters. The van der Waals surface area contributed by atoms with Gasteiger partial charge in [-0.2, -0.15) is 42.1 Å². The number of carbonyl (C=O) groups is 2. The van der Waals surface area contributed by atoms with Crippen LogP contribution in [0, 0.1) is 55.4 Å². The van der Waals surface area contributed by atoms with Gasteiger partial charge >= 0.3 is 12.1 Å². The summed E-state index contributed by atoms with van der Waals surface area (Å²) < 4.78 is 183. The highest BCUT2D eigenvalue weighted by atomic mass is 32.2. The van der Waals surface area contributed by atoms with E-state index in [9.17, 15) is 74.4 Å². The van der Waals surface area contributed by atoms with Crippen LogP contribution < -0.4 is 31.9 Å². The summed E-state index contributed by atoms with van der Waals surface area (Å²) in [6, 6.07) is 17.0. The molecule has 6 aromatic carbocycles. The van der Waals surface area contributed by atoms with Crippen molar-refractivity contribution in [1.29, 1.82) is 0 Å². The first-order valence-electron chi connectivity index (χ1n) is 23.9. The number of rotatable bonds is 13. The number of nitrogens with zero attached hydrogens (tertiary/aromatic N) is 1. The van der Waals surface area contributed by atoms with Gasteiger partial charge in [0, 0.05) is 62.6 Å². The van der Waals surface area contributed by atoms with Crippen LogP contribution >= 0.6 is 0 Å². The SMILES string of the molecule is Cc1c(C)c(NC(=O)Nc2ccc(S(=O)(=O)O)cc2)c(C)c(C)c1/N=c1/cc2oc3cc(Nc4c(C)c(C)c(NC(=O)Nc5ccc(S(=O)(=O)O)cc5)c(C)c4C)c(S(=O)(=O)O)cc3c(-c3ccccc3S(=O)(=O)O)c-2cc1S(=O)(=O)O. The summed E-state index contributed by atoms with van der Waals surface area (Å²) in [4.78, 5) is 28.1. The fourth-order valence-corrected chi connectivity index (χ4v) is 12.2. The first-order valence-corrected chi connectivity index (χ1v) is 31.1. The van der Waals surface area contributed by atoms with Gasteiger partial charge in [-0.05, 0) is 167 Å². The highest BCUT2D eigenvalue weighted by Gasteiger charge is 2.30. The molecule has 1 heterocycles. The second-order valence-corrected chi connectivity index (χ2v) is 25.9. The molecular weight excluding hydrogens is 1170 g/mol. The van der Waals surface area contributed by atoms with E-state index in [4.69, 9.17) is 9.41 Å². The van der Waals surface area contributed by atoms with Gasteiger partial charge in [0.15, 0.2) is 0 Å². The molecule has 1 aliphatic heterocycles. The summed E-state index contributed by atoms with van der Waals surface area (Å²) >= 11 is 0. The van der Waals surface area contributed by atoms with E-state index < -0.39 is 92.5 Å². The van der Waals surface area contributed by atoms with E-state index in [0.717, 1.165) is 48.5 Å². The van der Waals surface area contributed by atoms with E-state index in [1.807, 2.05) is 0 Å². The normalized spacial score (nSPS) is 12.6. The zero-order chi connectivity index (χ0) is 60.5. The van der Waals surface area contributed by atoms with Crippen molar-refractivity contribution in [2.75, 3.05) is 26.6 Å². The molecule has 8 rings (SSSR count). The van der Waals surface area contributed by atoms with Gasteiger partial charge in [-0.15, -0.1) is 0 Å². The lowest BCUT2D eigenvalue weighted by molar-refractivity contribution is 0.261. The quantitative estimate of drug-likeness (QED) is 0.0379. The zero-order valence-electron chi connectivity index (χ0n) is 44.3. The lowest BCUT2D eigenvalue weighted by Gasteiger charge is -2.23. The molecule has 0 aromatic heterocycles. The fourth-order valence-electron chi connectivity index (χ4n) is 9.29. The molecule has 0 saturated carbocycles. The van der Waals surface area contributed by atoms with Crippen molar-refractivity contribution >= 4 is 113 Å². The fraction of sp³-hybridized carbons (Fsp3) is 0.151. The van der Waals surface area contributed by atoms with E-state index in [1.165, 1.54) is 48.5 Å². The minimum atomic E-state index is -5.28. The van der Waals surface area contributed by atoms with Crippen LogP contribution in [0.25, 0.3) is 33.4 Å². The second kappa shape index (κ2) is 21.7. The summed E-state index contributed by atoms with van der Waals surface area (Å²) in [6.07, 6.45) is 0. The molecule has 0 fully saturated rings. The van der Waals surface area contributed by atoms with Crippen molar-refractivity contribution in [3.05, 3.63) is 147 Å². The van der Waals surface area contributed by atoms with Crippen LogP contribution in [0.2, 0.25) is 0 Å². The van der Waals surface area contributed by atoms with Crippen LogP contribution in [-0.2, 0) is 50.6 Å². The number of nitrogens with one attached hydrogen (secondary N) is 5. The van der Waals surface area contributed by atoms with Crippen LogP contribution in [0.3, 0.4) is 0 Å². The summed E-state index contributed by atoms with van der Waals surface area (Å²) in [7, 11) is -24.6. The van der Waals surface area contributed by atoms with Gasteiger partial charge in [-0.25, -0.2) is 14.6 Å². The van der Waals surface area contributed by atoms with E-state index in [1.54, 1.807) is 55.4 Å². The third-order valence-corrected chi connectivity index (χ3v) is 18.3. The molecule has 1 aliphatic carbocycles.